The quantitative estimate of drug-likeness (QED) is 0.693. The molecule has 0 radical (unpaired) electrons. The maximum Gasteiger partial charge on any atom is 0.407 e. The monoisotopic (exact) mass is 205 g/mol. The van der Waals surface area contributed by atoms with Crippen LogP contribution in [0.4, 0.5) is 4.79 Å². The fraction of sp³-hybridized carbons (Fsp3) is 0.889. The highest BCUT2D eigenvalue weighted by Gasteiger charge is 2.17. The zero-order chi connectivity index (χ0) is 10.5. The van der Waals surface area contributed by atoms with E-state index in [0.717, 1.165) is 6.42 Å². The van der Waals surface area contributed by atoms with E-state index in [2.05, 4.69) is 17.9 Å². The van der Waals surface area contributed by atoms with Gasteiger partial charge in [-0.25, -0.2) is 4.79 Å². The normalized spacial score (nSPS) is 13.6. The second kappa shape index (κ2) is 5.37. The van der Waals surface area contributed by atoms with Crippen molar-refractivity contribution in [2.45, 2.75) is 45.8 Å². The van der Waals surface area contributed by atoms with E-state index < -0.39 is 5.60 Å². The number of rotatable bonds is 3. The van der Waals surface area contributed by atoms with Gasteiger partial charge >= 0.3 is 6.09 Å². The Kier molecular flexibility index (Phi) is 5.21. The van der Waals surface area contributed by atoms with Crippen molar-refractivity contribution >= 4 is 18.7 Å². The molecule has 0 aromatic carbocycles. The Labute approximate surface area is 85.6 Å². The molecule has 78 valence electrons. The number of amides is 1. The van der Waals surface area contributed by atoms with Gasteiger partial charge in [0.15, 0.2) is 0 Å². The summed E-state index contributed by atoms with van der Waals surface area (Å²) in [5, 5.41) is 2.74. The standard InChI is InChI=1S/C9H19NO2S/c1-5-7(6-13)10-8(11)12-9(2,3)4/h7,13H,5-6H2,1-4H3,(H,10,11)/t7-/m1/s1. The molecule has 0 aliphatic carbocycles. The predicted molar refractivity (Wildman–Crippen MR) is 57.3 cm³/mol. The van der Waals surface area contributed by atoms with Crippen molar-refractivity contribution in [3.8, 4) is 0 Å². The molecule has 0 heterocycles. The van der Waals surface area contributed by atoms with Crippen LogP contribution >= 0.6 is 12.6 Å². The molecular formula is C9H19NO2S. The van der Waals surface area contributed by atoms with Crippen molar-refractivity contribution in [3.05, 3.63) is 0 Å². The Morgan fingerprint density at radius 1 is 1.54 bits per heavy atom. The summed E-state index contributed by atoms with van der Waals surface area (Å²) in [4.78, 5) is 11.2. The SMILES string of the molecule is CC[C@H](CS)NC(=O)OC(C)(C)C. The number of ether oxygens (including phenoxy) is 1. The van der Waals surface area contributed by atoms with Gasteiger partial charge in [-0.1, -0.05) is 6.92 Å². The number of alkyl carbamates (subject to hydrolysis) is 1. The molecule has 0 saturated carbocycles. The third-order valence-electron chi connectivity index (χ3n) is 1.43. The number of hydrogen-bond acceptors (Lipinski definition) is 3. The summed E-state index contributed by atoms with van der Waals surface area (Å²) in [7, 11) is 0. The zero-order valence-electron chi connectivity index (χ0n) is 8.76. The first-order valence-corrected chi connectivity index (χ1v) is 5.12. The summed E-state index contributed by atoms with van der Waals surface area (Å²) < 4.78 is 5.09. The van der Waals surface area contributed by atoms with E-state index in [1.165, 1.54) is 0 Å². The molecule has 13 heavy (non-hydrogen) atoms. The van der Waals surface area contributed by atoms with Gasteiger partial charge in [-0.05, 0) is 27.2 Å². The van der Waals surface area contributed by atoms with E-state index in [-0.39, 0.29) is 12.1 Å². The fourth-order valence-electron chi connectivity index (χ4n) is 0.751. The number of nitrogens with one attached hydrogen (secondary N) is 1. The molecule has 0 bridgehead atoms. The van der Waals surface area contributed by atoms with Crippen LogP contribution in [0.25, 0.3) is 0 Å². The molecule has 0 fully saturated rings. The second-order valence-corrected chi connectivity index (χ2v) is 4.30. The fourth-order valence-corrected chi connectivity index (χ4v) is 1.10. The van der Waals surface area contributed by atoms with E-state index in [9.17, 15) is 4.79 Å². The van der Waals surface area contributed by atoms with Gasteiger partial charge in [-0.15, -0.1) is 0 Å². The highest BCUT2D eigenvalue weighted by Crippen LogP contribution is 2.07. The lowest BCUT2D eigenvalue weighted by atomic mass is 10.2. The van der Waals surface area contributed by atoms with Crippen LogP contribution in [0.5, 0.6) is 0 Å². The highest BCUT2D eigenvalue weighted by molar-refractivity contribution is 7.80. The lowest BCUT2D eigenvalue weighted by Gasteiger charge is -2.22. The molecule has 1 N–H and O–H groups in total. The van der Waals surface area contributed by atoms with Gasteiger partial charge in [0.05, 0.1) is 0 Å². The van der Waals surface area contributed by atoms with Gasteiger partial charge < -0.3 is 10.1 Å². The molecule has 0 aliphatic rings. The molecule has 1 atom stereocenters. The molecule has 0 aromatic heterocycles. The summed E-state index contributed by atoms with van der Waals surface area (Å²) in [6.07, 6.45) is 0.497. The minimum atomic E-state index is -0.432. The van der Waals surface area contributed by atoms with Crippen LogP contribution in [0.2, 0.25) is 0 Å². The summed E-state index contributed by atoms with van der Waals surface area (Å²) in [6, 6.07) is 0.0955. The molecule has 3 nitrogen and oxygen atoms in total. The topological polar surface area (TPSA) is 38.3 Å². The lowest BCUT2D eigenvalue weighted by molar-refractivity contribution is 0.0508. The molecule has 0 spiro atoms. The van der Waals surface area contributed by atoms with Crippen LogP contribution < -0.4 is 5.32 Å². The molecule has 1 amide bonds. The minimum absolute atomic E-state index is 0.0955. The van der Waals surface area contributed by atoms with E-state index in [4.69, 9.17) is 4.74 Å². The largest absolute Gasteiger partial charge is 0.444 e. The smallest absolute Gasteiger partial charge is 0.407 e. The van der Waals surface area contributed by atoms with Crippen molar-refractivity contribution in [2.75, 3.05) is 5.75 Å². The Bertz CT molecular complexity index is 161. The summed E-state index contributed by atoms with van der Waals surface area (Å²) in [5.74, 6) is 0.635. The number of thiol groups is 1. The van der Waals surface area contributed by atoms with Gasteiger partial charge in [0, 0.05) is 11.8 Å². The second-order valence-electron chi connectivity index (χ2n) is 3.93. The van der Waals surface area contributed by atoms with Crippen LogP contribution in [-0.4, -0.2) is 23.5 Å². The van der Waals surface area contributed by atoms with Crippen LogP contribution in [0, 0.1) is 0 Å². The Morgan fingerprint density at radius 2 is 2.08 bits per heavy atom. The van der Waals surface area contributed by atoms with Crippen molar-refractivity contribution in [1.29, 1.82) is 0 Å². The molecule has 0 aliphatic heterocycles. The van der Waals surface area contributed by atoms with E-state index >= 15 is 0 Å². The minimum Gasteiger partial charge on any atom is -0.444 e. The third-order valence-corrected chi connectivity index (χ3v) is 1.87. The van der Waals surface area contributed by atoms with E-state index in [0.29, 0.717) is 5.75 Å². The summed E-state index contributed by atoms with van der Waals surface area (Å²) in [5.41, 5.74) is -0.432. The van der Waals surface area contributed by atoms with Crippen molar-refractivity contribution < 1.29 is 9.53 Å². The molecule has 0 unspecified atom stereocenters. The zero-order valence-corrected chi connectivity index (χ0v) is 9.65. The number of carbonyl (C=O) groups excluding carboxylic acids is 1. The Morgan fingerprint density at radius 3 is 2.38 bits per heavy atom. The van der Waals surface area contributed by atoms with Crippen LogP contribution in [0.15, 0.2) is 0 Å². The highest BCUT2D eigenvalue weighted by atomic mass is 32.1. The number of carbonyl (C=O) groups is 1. The average molecular weight is 205 g/mol. The first-order chi connectivity index (χ1) is 5.89. The van der Waals surface area contributed by atoms with Crippen molar-refractivity contribution in [2.24, 2.45) is 0 Å². The van der Waals surface area contributed by atoms with Crippen molar-refractivity contribution in [3.63, 3.8) is 0 Å². The molecule has 4 heteroatoms. The lowest BCUT2D eigenvalue weighted by Crippen LogP contribution is -2.39. The summed E-state index contributed by atoms with van der Waals surface area (Å²) >= 11 is 4.11. The Balaban J connectivity index is 3.86. The van der Waals surface area contributed by atoms with Crippen molar-refractivity contribution in [1.82, 2.24) is 5.32 Å². The molecule has 0 saturated heterocycles. The first kappa shape index (κ1) is 12.6. The third kappa shape index (κ3) is 6.75. The Hall–Kier alpha value is -0.380. The maximum atomic E-state index is 11.2. The average Bonchev–Trinajstić information content (AvgIpc) is 1.96. The van der Waals surface area contributed by atoms with E-state index in [1.807, 2.05) is 27.7 Å². The van der Waals surface area contributed by atoms with Crippen LogP contribution in [0.3, 0.4) is 0 Å². The van der Waals surface area contributed by atoms with Crippen LogP contribution in [-0.2, 0) is 4.74 Å². The molecular weight excluding hydrogens is 186 g/mol. The van der Waals surface area contributed by atoms with Gasteiger partial charge in [-0.3, -0.25) is 0 Å². The predicted octanol–water partition coefficient (Wildman–Crippen LogP) is 2.22. The number of hydrogen-bond donors (Lipinski definition) is 2. The van der Waals surface area contributed by atoms with Gasteiger partial charge in [0.25, 0.3) is 0 Å². The van der Waals surface area contributed by atoms with Gasteiger partial charge in [0.1, 0.15) is 5.60 Å². The molecule has 0 aromatic rings. The van der Waals surface area contributed by atoms with Gasteiger partial charge in [0.2, 0.25) is 0 Å². The van der Waals surface area contributed by atoms with E-state index in [1.54, 1.807) is 0 Å². The maximum absolute atomic E-state index is 11.2. The van der Waals surface area contributed by atoms with Crippen LogP contribution in [0.1, 0.15) is 34.1 Å². The first-order valence-electron chi connectivity index (χ1n) is 4.49. The summed E-state index contributed by atoms with van der Waals surface area (Å²) in [6.45, 7) is 7.52. The molecule has 0 rings (SSSR count). The van der Waals surface area contributed by atoms with Gasteiger partial charge in [-0.2, -0.15) is 12.6 Å².